The molecule has 3 aromatic rings. The summed E-state index contributed by atoms with van der Waals surface area (Å²) in [5.74, 6) is 0.277. The predicted molar refractivity (Wildman–Crippen MR) is 129 cm³/mol. The average molecular weight is 489 g/mol. The van der Waals surface area contributed by atoms with Gasteiger partial charge in [-0.15, -0.1) is 12.4 Å². The lowest BCUT2D eigenvalue weighted by molar-refractivity contribution is -0.132. The Bertz CT molecular complexity index is 1140. The molecule has 1 N–H and O–H groups in total. The molecule has 33 heavy (non-hydrogen) atoms. The first kappa shape index (κ1) is 25.7. The first-order valence-electron chi connectivity index (χ1n) is 9.62. The van der Waals surface area contributed by atoms with E-state index in [0.717, 1.165) is 5.56 Å². The van der Waals surface area contributed by atoms with Crippen LogP contribution in [0.5, 0.6) is 17.2 Å². The van der Waals surface area contributed by atoms with Crippen molar-refractivity contribution in [3.63, 3.8) is 0 Å². The number of ether oxygens (including phenoxy) is 3. The molecule has 1 heterocycles. The van der Waals surface area contributed by atoms with Crippen LogP contribution >= 0.6 is 24.0 Å². The Morgan fingerprint density at radius 1 is 1.06 bits per heavy atom. The maximum absolute atomic E-state index is 12.4. The fraction of sp³-hybridized carbons (Fsp3) is 0.125. The molecule has 0 unspecified atom stereocenters. The number of nitrogens with zero attached hydrogens (tertiary/aromatic N) is 1. The molecule has 9 heteroatoms. The van der Waals surface area contributed by atoms with Gasteiger partial charge in [-0.25, -0.2) is 0 Å². The molecule has 0 atom stereocenters. The summed E-state index contributed by atoms with van der Waals surface area (Å²) in [5, 5.41) is 3.03. The van der Waals surface area contributed by atoms with Crippen LogP contribution in [0.25, 0.3) is 6.08 Å². The van der Waals surface area contributed by atoms with Crippen LogP contribution in [0.2, 0.25) is 5.02 Å². The molecule has 0 aliphatic rings. The minimum Gasteiger partial charge on any atom is -0.493 e. The van der Waals surface area contributed by atoms with Gasteiger partial charge in [0.15, 0.2) is 11.5 Å². The quantitative estimate of drug-likeness (QED) is 0.262. The van der Waals surface area contributed by atoms with Crippen molar-refractivity contribution in [1.82, 2.24) is 4.98 Å². The number of carbonyl (C=O) groups is 2. The van der Waals surface area contributed by atoms with Gasteiger partial charge in [0.2, 0.25) is 5.91 Å². The van der Waals surface area contributed by atoms with E-state index in [9.17, 15) is 9.59 Å². The minimum atomic E-state index is -0.470. The van der Waals surface area contributed by atoms with Crippen molar-refractivity contribution < 1.29 is 23.8 Å². The monoisotopic (exact) mass is 488 g/mol. The Hall–Kier alpha value is -3.55. The van der Waals surface area contributed by atoms with E-state index in [1.54, 1.807) is 54.9 Å². The van der Waals surface area contributed by atoms with Crippen LogP contribution < -0.4 is 19.5 Å². The second kappa shape index (κ2) is 12.5. The number of pyridine rings is 1. The highest BCUT2D eigenvalue weighted by Crippen LogP contribution is 2.33. The van der Waals surface area contributed by atoms with Gasteiger partial charge in [0.05, 0.1) is 12.8 Å². The lowest BCUT2D eigenvalue weighted by Crippen LogP contribution is -2.08. The molecular formula is C24H22Cl2N2O5. The van der Waals surface area contributed by atoms with Gasteiger partial charge in [-0.3, -0.25) is 14.6 Å². The molecule has 0 bridgehead atoms. The van der Waals surface area contributed by atoms with Crippen molar-refractivity contribution in [2.75, 3.05) is 12.4 Å². The molecule has 0 saturated carbocycles. The largest absolute Gasteiger partial charge is 0.493 e. The van der Waals surface area contributed by atoms with Crippen LogP contribution in [0, 0.1) is 0 Å². The summed E-state index contributed by atoms with van der Waals surface area (Å²) in [6.07, 6.45) is 6.29. The number of halogens is 2. The van der Waals surface area contributed by atoms with Gasteiger partial charge < -0.3 is 19.5 Å². The van der Waals surface area contributed by atoms with Gasteiger partial charge in [0.1, 0.15) is 17.4 Å². The maximum Gasteiger partial charge on any atom is 0.308 e. The zero-order chi connectivity index (χ0) is 22.9. The van der Waals surface area contributed by atoms with Crippen molar-refractivity contribution in [2.45, 2.75) is 13.5 Å². The maximum atomic E-state index is 12.4. The smallest absolute Gasteiger partial charge is 0.308 e. The molecule has 0 fully saturated rings. The number of nitrogens with one attached hydrogen (secondary N) is 1. The summed E-state index contributed by atoms with van der Waals surface area (Å²) < 4.78 is 16.1. The molecule has 1 aromatic heterocycles. The van der Waals surface area contributed by atoms with Crippen LogP contribution in [0.4, 0.5) is 5.69 Å². The number of anilines is 1. The van der Waals surface area contributed by atoms with Gasteiger partial charge in [-0.1, -0.05) is 23.7 Å². The summed E-state index contributed by atoms with van der Waals surface area (Å²) in [6, 6.07) is 13.8. The number of rotatable bonds is 8. The van der Waals surface area contributed by atoms with E-state index in [1.165, 1.54) is 20.1 Å². The summed E-state index contributed by atoms with van der Waals surface area (Å²) in [6.45, 7) is 1.62. The Morgan fingerprint density at radius 2 is 1.82 bits per heavy atom. The molecule has 172 valence electrons. The lowest BCUT2D eigenvalue weighted by Gasteiger charge is -2.11. The summed E-state index contributed by atoms with van der Waals surface area (Å²) in [7, 11) is 1.48. The molecular weight excluding hydrogens is 467 g/mol. The average Bonchev–Trinajstić information content (AvgIpc) is 2.79. The van der Waals surface area contributed by atoms with E-state index in [2.05, 4.69) is 10.3 Å². The number of hydrogen-bond acceptors (Lipinski definition) is 6. The fourth-order valence-corrected chi connectivity index (χ4v) is 2.96. The summed E-state index contributed by atoms with van der Waals surface area (Å²) in [5.41, 5.74) is 2.02. The first-order chi connectivity index (χ1) is 15.5. The number of amides is 1. The number of benzene rings is 2. The highest BCUT2D eigenvalue weighted by Gasteiger charge is 2.10. The van der Waals surface area contributed by atoms with E-state index in [4.69, 9.17) is 25.8 Å². The topological polar surface area (TPSA) is 86.8 Å². The number of carbonyl (C=O) groups excluding carboxylic acids is 2. The van der Waals surface area contributed by atoms with E-state index in [1.807, 2.05) is 12.1 Å². The van der Waals surface area contributed by atoms with Crippen LogP contribution in [0.3, 0.4) is 0 Å². The Morgan fingerprint density at radius 3 is 2.52 bits per heavy atom. The van der Waals surface area contributed by atoms with E-state index < -0.39 is 5.97 Å². The van der Waals surface area contributed by atoms with Crippen molar-refractivity contribution in [3.8, 4) is 17.2 Å². The van der Waals surface area contributed by atoms with Gasteiger partial charge >= 0.3 is 5.97 Å². The third-order valence-electron chi connectivity index (χ3n) is 4.23. The number of aromatic nitrogens is 1. The summed E-state index contributed by atoms with van der Waals surface area (Å²) in [4.78, 5) is 27.6. The van der Waals surface area contributed by atoms with Crippen LogP contribution in [-0.4, -0.2) is 24.0 Å². The van der Waals surface area contributed by atoms with Gasteiger partial charge in [0, 0.05) is 25.4 Å². The SMILES string of the molecule is COc1ccc(/C=C/C(=O)Nc2cccc(OCc3ccncc3)c2Cl)cc1OC(C)=O.Cl. The highest BCUT2D eigenvalue weighted by atomic mass is 35.5. The van der Waals surface area contributed by atoms with Crippen molar-refractivity contribution in [3.05, 3.63) is 83.2 Å². The molecule has 0 radical (unpaired) electrons. The van der Waals surface area contributed by atoms with Crippen molar-refractivity contribution in [1.29, 1.82) is 0 Å². The molecule has 0 aliphatic heterocycles. The minimum absolute atomic E-state index is 0. The van der Waals surface area contributed by atoms with Gasteiger partial charge in [-0.2, -0.15) is 0 Å². The number of methoxy groups -OCH3 is 1. The fourth-order valence-electron chi connectivity index (χ4n) is 2.74. The van der Waals surface area contributed by atoms with Crippen molar-refractivity contribution >= 4 is 47.6 Å². The Balaban J connectivity index is 0.00000385. The molecule has 0 spiro atoms. The molecule has 7 nitrogen and oxygen atoms in total. The van der Waals surface area contributed by atoms with Crippen LogP contribution in [-0.2, 0) is 16.2 Å². The van der Waals surface area contributed by atoms with Crippen LogP contribution in [0.15, 0.2) is 67.0 Å². The standard InChI is InChI=1S/C24H21ClN2O5.ClH/c1-16(28)32-22-14-17(6-8-20(22)30-2)7-9-23(29)27-19-4-3-5-21(24(19)25)31-15-18-10-12-26-13-11-18;/h3-14H,15H2,1-2H3,(H,27,29);1H/b9-7+;. The first-order valence-corrected chi connectivity index (χ1v) is 10.00. The lowest BCUT2D eigenvalue weighted by atomic mass is 10.2. The molecule has 0 saturated heterocycles. The zero-order valence-electron chi connectivity index (χ0n) is 17.9. The van der Waals surface area contributed by atoms with Gasteiger partial charge in [-0.05, 0) is 53.6 Å². The predicted octanol–water partition coefficient (Wildman–Crippen LogP) is 5.32. The third-order valence-corrected chi connectivity index (χ3v) is 4.62. The summed E-state index contributed by atoms with van der Waals surface area (Å²) >= 11 is 6.40. The second-order valence-corrected chi connectivity index (χ2v) is 6.97. The van der Waals surface area contributed by atoms with E-state index in [-0.39, 0.29) is 24.1 Å². The normalized spacial score (nSPS) is 10.3. The molecule has 2 aromatic carbocycles. The molecule has 1 amide bonds. The van der Waals surface area contributed by atoms with Crippen molar-refractivity contribution in [2.24, 2.45) is 0 Å². The van der Waals surface area contributed by atoms with Crippen LogP contribution in [0.1, 0.15) is 18.1 Å². The Labute approximate surface area is 202 Å². The zero-order valence-corrected chi connectivity index (χ0v) is 19.5. The van der Waals surface area contributed by atoms with E-state index in [0.29, 0.717) is 34.4 Å². The molecule has 0 aliphatic carbocycles. The third kappa shape index (κ3) is 7.52. The number of hydrogen-bond donors (Lipinski definition) is 1. The Kier molecular flexibility index (Phi) is 9.72. The molecule has 3 rings (SSSR count). The second-order valence-electron chi connectivity index (χ2n) is 6.59. The van der Waals surface area contributed by atoms with E-state index >= 15 is 0 Å². The highest BCUT2D eigenvalue weighted by molar-refractivity contribution is 6.35. The number of esters is 1. The van der Waals surface area contributed by atoms with Gasteiger partial charge in [0.25, 0.3) is 0 Å².